The van der Waals surface area contributed by atoms with Gasteiger partial charge in [-0.1, -0.05) is 0 Å². The van der Waals surface area contributed by atoms with Gasteiger partial charge < -0.3 is 15.6 Å². The van der Waals surface area contributed by atoms with Crippen LogP contribution in [0.5, 0.6) is 0 Å². The number of carbonyl (C=O) groups is 1. The number of unbranched alkanes of at least 4 members (excludes halogenated alkanes) is 1. The Morgan fingerprint density at radius 2 is 2.44 bits per heavy atom. The number of anilines is 1. The molecule has 0 spiro atoms. The van der Waals surface area contributed by atoms with E-state index in [9.17, 15) is 4.79 Å². The van der Waals surface area contributed by atoms with Crippen molar-refractivity contribution in [2.45, 2.75) is 12.8 Å². The number of H-pyrrole nitrogens is 1. The number of nitriles is 1. The quantitative estimate of drug-likeness (QED) is 0.674. The molecule has 1 aromatic heterocycles. The van der Waals surface area contributed by atoms with Gasteiger partial charge in [0, 0.05) is 20.0 Å². The van der Waals surface area contributed by atoms with Crippen molar-refractivity contribution in [3.05, 3.63) is 11.0 Å². The van der Waals surface area contributed by atoms with Gasteiger partial charge in [0.15, 0.2) is 5.82 Å². The summed E-state index contributed by atoms with van der Waals surface area (Å²) in [4.78, 5) is 18.0. The van der Waals surface area contributed by atoms with Gasteiger partial charge in [0.05, 0.1) is 6.07 Å². The summed E-state index contributed by atoms with van der Waals surface area (Å²) >= 11 is 5.67. The first kappa shape index (κ1) is 12.3. The van der Waals surface area contributed by atoms with Crippen LogP contribution in [-0.4, -0.2) is 29.5 Å². The summed E-state index contributed by atoms with van der Waals surface area (Å²) in [6.07, 6.45) is 1.15. The number of halogens is 1. The topological polar surface area (TPSA) is 93.6 Å². The lowest BCUT2D eigenvalue weighted by molar-refractivity contribution is 0.0959. The highest BCUT2D eigenvalue weighted by Crippen LogP contribution is 2.15. The normalized spacial score (nSPS) is 9.56. The predicted octanol–water partition coefficient (Wildman–Crippen LogP) is 1.14. The Labute approximate surface area is 98.0 Å². The number of imidazole rings is 1. The second kappa shape index (κ2) is 5.98. The van der Waals surface area contributed by atoms with Gasteiger partial charge in [0.2, 0.25) is 5.28 Å². The molecule has 0 aliphatic carbocycles. The van der Waals surface area contributed by atoms with E-state index in [2.05, 4.69) is 20.6 Å². The summed E-state index contributed by atoms with van der Waals surface area (Å²) in [5.74, 6) is 0.115. The summed E-state index contributed by atoms with van der Waals surface area (Å²) in [5, 5.41) is 13.9. The maximum atomic E-state index is 11.4. The Bertz CT molecular complexity index is 409. The van der Waals surface area contributed by atoms with Gasteiger partial charge in [0.25, 0.3) is 5.91 Å². The predicted molar refractivity (Wildman–Crippen MR) is 60.3 cm³/mol. The standard InChI is InChI=1S/C9H12ClN5O/c1-12-8(16)6-7(15-9(10)14-6)13-5-3-2-4-11/h13H,2-3,5H2,1H3,(H,12,16)(H,14,15). The van der Waals surface area contributed by atoms with E-state index in [0.717, 1.165) is 0 Å². The first-order valence-electron chi connectivity index (χ1n) is 4.77. The maximum absolute atomic E-state index is 11.4. The smallest absolute Gasteiger partial charge is 0.271 e. The molecule has 0 saturated heterocycles. The Kier molecular flexibility index (Phi) is 4.61. The Morgan fingerprint density at radius 1 is 1.69 bits per heavy atom. The third kappa shape index (κ3) is 3.14. The molecule has 86 valence electrons. The molecule has 1 heterocycles. The lowest BCUT2D eigenvalue weighted by Crippen LogP contribution is -2.20. The first-order chi connectivity index (χ1) is 7.69. The molecule has 0 radical (unpaired) electrons. The maximum Gasteiger partial charge on any atom is 0.271 e. The Hall–Kier alpha value is -1.74. The minimum Gasteiger partial charge on any atom is -0.368 e. The molecule has 0 aliphatic rings. The summed E-state index contributed by atoms with van der Waals surface area (Å²) in [6, 6.07) is 2.03. The van der Waals surface area contributed by atoms with Gasteiger partial charge >= 0.3 is 0 Å². The summed E-state index contributed by atoms with van der Waals surface area (Å²) in [5.41, 5.74) is 0.296. The number of hydrogen-bond acceptors (Lipinski definition) is 4. The number of nitrogens with zero attached hydrogens (tertiary/aromatic N) is 2. The van der Waals surface area contributed by atoms with Crippen molar-refractivity contribution >= 4 is 23.3 Å². The van der Waals surface area contributed by atoms with Crippen LogP contribution in [0.25, 0.3) is 0 Å². The number of amides is 1. The average Bonchev–Trinajstić information content (AvgIpc) is 2.65. The van der Waals surface area contributed by atoms with E-state index in [1.807, 2.05) is 6.07 Å². The van der Waals surface area contributed by atoms with E-state index in [0.29, 0.717) is 30.9 Å². The van der Waals surface area contributed by atoms with E-state index in [-0.39, 0.29) is 11.2 Å². The number of aromatic nitrogens is 2. The van der Waals surface area contributed by atoms with Crippen molar-refractivity contribution in [2.24, 2.45) is 0 Å². The van der Waals surface area contributed by atoms with Crippen LogP contribution in [0.2, 0.25) is 5.28 Å². The van der Waals surface area contributed by atoms with E-state index >= 15 is 0 Å². The Balaban J connectivity index is 2.64. The zero-order chi connectivity index (χ0) is 12.0. The molecule has 0 aromatic carbocycles. The van der Waals surface area contributed by atoms with Crippen molar-refractivity contribution < 1.29 is 4.79 Å². The first-order valence-corrected chi connectivity index (χ1v) is 5.15. The molecule has 7 heteroatoms. The molecule has 3 N–H and O–H groups in total. The highest BCUT2D eigenvalue weighted by atomic mass is 35.5. The van der Waals surface area contributed by atoms with Crippen LogP contribution in [0.3, 0.4) is 0 Å². The van der Waals surface area contributed by atoms with Crippen LogP contribution in [0.15, 0.2) is 0 Å². The van der Waals surface area contributed by atoms with Crippen molar-refractivity contribution in [1.29, 1.82) is 5.26 Å². The van der Waals surface area contributed by atoms with Crippen molar-refractivity contribution in [2.75, 3.05) is 18.9 Å². The number of rotatable bonds is 5. The number of nitrogens with one attached hydrogen (secondary N) is 3. The molecule has 0 aliphatic heterocycles. The SMILES string of the molecule is CNC(=O)c1[nH]c(Cl)nc1NCCCC#N. The lowest BCUT2D eigenvalue weighted by Gasteiger charge is -2.03. The molecule has 6 nitrogen and oxygen atoms in total. The third-order valence-corrected chi connectivity index (χ3v) is 2.07. The third-order valence-electron chi connectivity index (χ3n) is 1.89. The summed E-state index contributed by atoms with van der Waals surface area (Å²) < 4.78 is 0. The highest BCUT2D eigenvalue weighted by molar-refractivity contribution is 6.28. The molecular weight excluding hydrogens is 230 g/mol. The van der Waals surface area contributed by atoms with Crippen LogP contribution in [0, 0.1) is 11.3 Å². The van der Waals surface area contributed by atoms with Crippen molar-refractivity contribution in [3.63, 3.8) is 0 Å². The fraction of sp³-hybridized carbons (Fsp3) is 0.444. The minimum absolute atomic E-state index is 0.154. The highest BCUT2D eigenvalue weighted by Gasteiger charge is 2.14. The molecule has 0 atom stereocenters. The molecular formula is C9H12ClN5O. The summed E-state index contributed by atoms with van der Waals surface area (Å²) in [7, 11) is 1.52. The second-order valence-electron chi connectivity index (χ2n) is 3.02. The van der Waals surface area contributed by atoms with Crippen LogP contribution >= 0.6 is 11.6 Å². The van der Waals surface area contributed by atoms with Gasteiger partial charge in [-0.2, -0.15) is 5.26 Å². The van der Waals surface area contributed by atoms with Gasteiger partial charge in [0.1, 0.15) is 5.69 Å². The number of hydrogen-bond donors (Lipinski definition) is 3. The van der Waals surface area contributed by atoms with Crippen LogP contribution in [0.4, 0.5) is 5.82 Å². The zero-order valence-corrected chi connectivity index (χ0v) is 9.56. The monoisotopic (exact) mass is 241 g/mol. The zero-order valence-electron chi connectivity index (χ0n) is 8.80. The van der Waals surface area contributed by atoms with Gasteiger partial charge in [-0.3, -0.25) is 4.79 Å². The molecule has 0 unspecified atom stereocenters. The lowest BCUT2D eigenvalue weighted by atomic mass is 10.3. The Morgan fingerprint density at radius 3 is 3.06 bits per heavy atom. The number of carbonyl (C=O) groups excluding carboxylic acids is 1. The minimum atomic E-state index is -0.290. The van der Waals surface area contributed by atoms with Crippen LogP contribution in [-0.2, 0) is 0 Å². The van der Waals surface area contributed by atoms with Crippen molar-refractivity contribution in [3.8, 4) is 6.07 Å². The van der Waals surface area contributed by atoms with Crippen molar-refractivity contribution in [1.82, 2.24) is 15.3 Å². The van der Waals surface area contributed by atoms with Gasteiger partial charge in [-0.15, -0.1) is 0 Å². The van der Waals surface area contributed by atoms with E-state index in [1.54, 1.807) is 0 Å². The van der Waals surface area contributed by atoms with E-state index in [1.165, 1.54) is 7.05 Å². The van der Waals surface area contributed by atoms with E-state index in [4.69, 9.17) is 16.9 Å². The number of aromatic amines is 1. The molecule has 1 aromatic rings. The fourth-order valence-corrected chi connectivity index (χ4v) is 1.31. The largest absolute Gasteiger partial charge is 0.368 e. The van der Waals surface area contributed by atoms with Gasteiger partial charge in [-0.05, 0) is 18.0 Å². The fourth-order valence-electron chi connectivity index (χ4n) is 1.14. The van der Waals surface area contributed by atoms with Crippen LogP contribution in [0.1, 0.15) is 23.3 Å². The van der Waals surface area contributed by atoms with E-state index < -0.39 is 0 Å². The van der Waals surface area contributed by atoms with Crippen LogP contribution < -0.4 is 10.6 Å². The molecule has 16 heavy (non-hydrogen) atoms. The molecule has 0 bridgehead atoms. The molecule has 0 fully saturated rings. The average molecular weight is 242 g/mol. The molecule has 1 rings (SSSR count). The molecule has 1 amide bonds. The molecule has 0 saturated carbocycles. The summed E-state index contributed by atoms with van der Waals surface area (Å²) in [6.45, 7) is 0.568. The van der Waals surface area contributed by atoms with Gasteiger partial charge in [-0.25, -0.2) is 4.98 Å². The second-order valence-corrected chi connectivity index (χ2v) is 3.38.